The molecule has 1 aromatic carbocycles. The molecule has 0 saturated carbocycles. The molecule has 1 aliphatic heterocycles. The maximum absolute atomic E-state index is 11.7. The van der Waals surface area contributed by atoms with Crippen LogP contribution in [0, 0.1) is 0 Å². The normalized spacial score (nSPS) is 16.4. The smallest absolute Gasteiger partial charge is 0.270 e. The van der Waals surface area contributed by atoms with E-state index in [1.54, 1.807) is 12.1 Å². The number of hydrogen-bond acceptors (Lipinski definition) is 2. The van der Waals surface area contributed by atoms with E-state index in [-0.39, 0.29) is 5.91 Å². The average molecular weight is 252 g/mol. The van der Waals surface area contributed by atoms with Gasteiger partial charge in [-0.3, -0.25) is 9.63 Å². The van der Waals surface area contributed by atoms with Crippen LogP contribution < -0.4 is 0 Å². The minimum Gasteiger partial charge on any atom is -0.271 e. The highest BCUT2D eigenvalue weighted by atomic mass is 35.5. The summed E-state index contributed by atoms with van der Waals surface area (Å²) in [4.78, 5) is 17.0. The third kappa shape index (κ3) is 3.58. The summed E-state index contributed by atoms with van der Waals surface area (Å²) in [6.07, 6.45) is 5.27. The number of amides is 1. The van der Waals surface area contributed by atoms with Crippen LogP contribution in [0.25, 0.3) is 6.08 Å². The zero-order chi connectivity index (χ0) is 12.1. The van der Waals surface area contributed by atoms with Gasteiger partial charge in [0.2, 0.25) is 0 Å². The standard InChI is InChI=1S/C13H14ClNO2/c14-12-5-3-4-11(10-12)6-7-13(16)15-8-1-2-9-17-15/h3-7,10H,1-2,8-9H2/b7-6+. The molecule has 3 nitrogen and oxygen atoms in total. The molecular formula is C13H14ClNO2. The lowest BCUT2D eigenvalue weighted by molar-refractivity contribution is -0.191. The average Bonchev–Trinajstić information content (AvgIpc) is 2.37. The van der Waals surface area contributed by atoms with Gasteiger partial charge in [-0.1, -0.05) is 23.7 Å². The molecule has 0 aromatic heterocycles. The molecule has 0 aliphatic carbocycles. The van der Waals surface area contributed by atoms with Crippen LogP contribution in [0.5, 0.6) is 0 Å². The van der Waals surface area contributed by atoms with Crippen molar-refractivity contribution in [3.8, 4) is 0 Å². The topological polar surface area (TPSA) is 29.5 Å². The van der Waals surface area contributed by atoms with Crippen LogP contribution >= 0.6 is 11.6 Å². The van der Waals surface area contributed by atoms with Crippen molar-refractivity contribution in [3.63, 3.8) is 0 Å². The molecule has 90 valence electrons. The van der Waals surface area contributed by atoms with Crippen LogP contribution in [0.4, 0.5) is 0 Å². The predicted molar refractivity (Wildman–Crippen MR) is 67.4 cm³/mol. The van der Waals surface area contributed by atoms with E-state index < -0.39 is 0 Å². The number of nitrogens with zero attached hydrogens (tertiary/aromatic N) is 1. The molecule has 1 saturated heterocycles. The van der Waals surface area contributed by atoms with E-state index >= 15 is 0 Å². The Morgan fingerprint density at radius 1 is 1.41 bits per heavy atom. The molecule has 1 aliphatic rings. The van der Waals surface area contributed by atoms with E-state index in [0.717, 1.165) is 18.4 Å². The second-order valence-electron chi connectivity index (χ2n) is 3.87. The summed E-state index contributed by atoms with van der Waals surface area (Å²) in [6.45, 7) is 1.29. The van der Waals surface area contributed by atoms with Gasteiger partial charge in [-0.25, -0.2) is 5.06 Å². The lowest BCUT2D eigenvalue weighted by Gasteiger charge is -2.24. The monoisotopic (exact) mass is 251 g/mol. The molecule has 1 fully saturated rings. The Bertz CT molecular complexity index is 425. The molecule has 4 heteroatoms. The second-order valence-corrected chi connectivity index (χ2v) is 4.31. The minimum atomic E-state index is -0.121. The molecule has 0 N–H and O–H groups in total. The first-order valence-electron chi connectivity index (χ1n) is 5.64. The number of benzene rings is 1. The molecule has 1 amide bonds. The lowest BCUT2D eigenvalue weighted by Crippen LogP contribution is -2.34. The Kier molecular flexibility index (Phi) is 4.18. The number of hydroxylamine groups is 2. The fourth-order valence-corrected chi connectivity index (χ4v) is 1.83. The summed E-state index contributed by atoms with van der Waals surface area (Å²) in [5, 5.41) is 2.07. The Balaban J connectivity index is 1.97. The third-order valence-corrected chi connectivity index (χ3v) is 2.75. The zero-order valence-corrected chi connectivity index (χ0v) is 10.2. The van der Waals surface area contributed by atoms with E-state index in [1.807, 2.05) is 18.2 Å². The molecule has 17 heavy (non-hydrogen) atoms. The Morgan fingerprint density at radius 3 is 3.00 bits per heavy atom. The maximum atomic E-state index is 11.7. The molecule has 1 aromatic rings. The first-order valence-corrected chi connectivity index (χ1v) is 6.01. The van der Waals surface area contributed by atoms with E-state index in [4.69, 9.17) is 16.4 Å². The fourth-order valence-electron chi connectivity index (χ4n) is 1.63. The van der Waals surface area contributed by atoms with Gasteiger partial charge in [0.05, 0.1) is 6.61 Å². The SMILES string of the molecule is O=C(/C=C/c1cccc(Cl)c1)N1CCCCO1. The molecule has 0 unspecified atom stereocenters. The van der Waals surface area contributed by atoms with Gasteiger partial charge >= 0.3 is 0 Å². The maximum Gasteiger partial charge on any atom is 0.270 e. The lowest BCUT2D eigenvalue weighted by atomic mass is 10.2. The van der Waals surface area contributed by atoms with Gasteiger partial charge in [-0.15, -0.1) is 0 Å². The highest BCUT2D eigenvalue weighted by molar-refractivity contribution is 6.30. The van der Waals surface area contributed by atoms with Crippen molar-refractivity contribution < 1.29 is 9.63 Å². The first-order chi connectivity index (χ1) is 8.25. The molecule has 0 spiro atoms. The van der Waals surface area contributed by atoms with E-state index in [9.17, 15) is 4.79 Å². The summed E-state index contributed by atoms with van der Waals surface area (Å²) < 4.78 is 0. The second kappa shape index (κ2) is 5.84. The summed E-state index contributed by atoms with van der Waals surface area (Å²) in [6, 6.07) is 7.35. The minimum absolute atomic E-state index is 0.121. The van der Waals surface area contributed by atoms with Gasteiger partial charge in [-0.2, -0.15) is 0 Å². The Labute approximate surface area is 106 Å². The van der Waals surface area contributed by atoms with Gasteiger partial charge in [0.15, 0.2) is 0 Å². The summed E-state index contributed by atoms with van der Waals surface area (Å²) in [5.41, 5.74) is 0.905. The molecule has 1 heterocycles. The van der Waals surface area contributed by atoms with Crippen molar-refractivity contribution in [1.29, 1.82) is 0 Å². The molecule has 0 radical (unpaired) electrons. The van der Waals surface area contributed by atoms with Crippen LogP contribution in [0.1, 0.15) is 18.4 Å². The molecular weight excluding hydrogens is 238 g/mol. The molecule has 0 bridgehead atoms. The van der Waals surface area contributed by atoms with Gasteiger partial charge in [0, 0.05) is 17.6 Å². The Morgan fingerprint density at radius 2 is 2.29 bits per heavy atom. The van der Waals surface area contributed by atoms with Crippen molar-refractivity contribution in [2.75, 3.05) is 13.2 Å². The van der Waals surface area contributed by atoms with Crippen molar-refractivity contribution in [2.24, 2.45) is 0 Å². The van der Waals surface area contributed by atoms with Crippen LogP contribution in [-0.2, 0) is 9.63 Å². The van der Waals surface area contributed by atoms with Gasteiger partial charge in [0.25, 0.3) is 5.91 Å². The number of rotatable bonds is 2. The van der Waals surface area contributed by atoms with Crippen LogP contribution in [-0.4, -0.2) is 24.1 Å². The van der Waals surface area contributed by atoms with Gasteiger partial charge < -0.3 is 0 Å². The largest absolute Gasteiger partial charge is 0.271 e. The number of hydrogen-bond donors (Lipinski definition) is 0. The predicted octanol–water partition coefficient (Wildman–Crippen LogP) is 2.91. The van der Waals surface area contributed by atoms with Crippen molar-refractivity contribution in [1.82, 2.24) is 5.06 Å². The van der Waals surface area contributed by atoms with Crippen LogP contribution in [0.2, 0.25) is 5.02 Å². The Hall–Kier alpha value is -1.32. The number of carbonyl (C=O) groups excluding carboxylic acids is 1. The van der Waals surface area contributed by atoms with Gasteiger partial charge in [-0.05, 0) is 36.6 Å². The van der Waals surface area contributed by atoms with E-state index in [2.05, 4.69) is 0 Å². The van der Waals surface area contributed by atoms with E-state index in [1.165, 1.54) is 11.1 Å². The van der Waals surface area contributed by atoms with Crippen LogP contribution in [0.15, 0.2) is 30.3 Å². The summed E-state index contributed by atoms with van der Waals surface area (Å²) in [7, 11) is 0. The fraction of sp³-hybridized carbons (Fsp3) is 0.308. The van der Waals surface area contributed by atoms with Crippen molar-refractivity contribution >= 4 is 23.6 Å². The van der Waals surface area contributed by atoms with Crippen LogP contribution in [0.3, 0.4) is 0 Å². The summed E-state index contributed by atoms with van der Waals surface area (Å²) in [5.74, 6) is -0.121. The number of carbonyl (C=O) groups is 1. The van der Waals surface area contributed by atoms with Crippen molar-refractivity contribution in [2.45, 2.75) is 12.8 Å². The van der Waals surface area contributed by atoms with E-state index in [0.29, 0.717) is 18.2 Å². The molecule has 0 atom stereocenters. The van der Waals surface area contributed by atoms with Gasteiger partial charge in [0.1, 0.15) is 0 Å². The molecule has 2 rings (SSSR count). The van der Waals surface area contributed by atoms with Crippen molar-refractivity contribution in [3.05, 3.63) is 40.9 Å². The first kappa shape index (κ1) is 12.1. The zero-order valence-electron chi connectivity index (χ0n) is 9.43. The highest BCUT2D eigenvalue weighted by Crippen LogP contribution is 2.12. The third-order valence-electron chi connectivity index (χ3n) is 2.52. The quantitative estimate of drug-likeness (QED) is 0.757. The summed E-state index contributed by atoms with van der Waals surface area (Å²) >= 11 is 5.85. The number of halogens is 1. The highest BCUT2D eigenvalue weighted by Gasteiger charge is 2.14.